The van der Waals surface area contributed by atoms with E-state index in [0.29, 0.717) is 5.69 Å². The van der Waals surface area contributed by atoms with Crippen molar-refractivity contribution < 1.29 is 14.7 Å². The van der Waals surface area contributed by atoms with E-state index in [2.05, 4.69) is 4.98 Å². The molecule has 4 heteroatoms. The normalized spacial score (nSPS) is 10.2. The molecule has 0 radical (unpaired) electrons. The Balaban J connectivity index is 2.94. The topological polar surface area (TPSA) is 67.3 Å². The molecular weight excluding hydrogens is 182 g/mol. The van der Waals surface area contributed by atoms with Gasteiger partial charge in [0.2, 0.25) is 0 Å². The molecule has 0 aliphatic rings. The molecule has 0 aromatic carbocycles. The van der Waals surface area contributed by atoms with E-state index in [0.717, 1.165) is 0 Å². The summed E-state index contributed by atoms with van der Waals surface area (Å²) < 4.78 is 0. The zero-order valence-electron chi connectivity index (χ0n) is 8.02. The molecule has 0 amide bonds. The molecule has 0 fully saturated rings. The fourth-order valence-electron chi connectivity index (χ4n) is 0.962. The van der Waals surface area contributed by atoms with E-state index in [1.807, 2.05) is 0 Å². The fourth-order valence-corrected chi connectivity index (χ4v) is 0.962. The van der Waals surface area contributed by atoms with E-state index < -0.39 is 5.97 Å². The number of carbonyl (C=O) groups excluding carboxylic acids is 1. The van der Waals surface area contributed by atoms with Crippen LogP contribution in [0.2, 0.25) is 0 Å². The third kappa shape index (κ3) is 2.16. The molecule has 0 bridgehead atoms. The second-order valence-electron chi connectivity index (χ2n) is 3.26. The molecule has 0 saturated heterocycles. The summed E-state index contributed by atoms with van der Waals surface area (Å²) in [7, 11) is 0. The lowest BCUT2D eigenvalue weighted by molar-refractivity contribution is 0.0695. The van der Waals surface area contributed by atoms with Gasteiger partial charge in [0, 0.05) is 12.1 Å². The van der Waals surface area contributed by atoms with E-state index in [1.165, 1.54) is 18.3 Å². The van der Waals surface area contributed by atoms with Crippen molar-refractivity contribution in [1.29, 1.82) is 0 Å². The molecule has 74 valence electrons. The van der Waals surface area contributed by atoms with Gasteiger partial charge in [0.05, 0.1) is 5.56 Å². The largest absolute Gasteiger partial charge is 0.478 e. The molecule has 0 aliphatic carbocycles. The summed E-state index contributed by atoms with van der Waals surface area (Å²) in [5, 5.41) is 8.60. The van der Waals surface area contributed by atoms with Gasteiger partial charge in [-0.1, -0.05) is 13.8 Å². The van der Waals surface area contributed by atoms with Crippen molar-refractivity contribution in [2.24, 2.45) is 5.92 Å². The van der Waals surface area contributed by atoms with Crippen molar-refractivity contribution >= 4 is 11.8 Å². The van der Waals surface area contributed by atoms with Crippen LogP contribution in [-0.2, 0) is 0 Å². The molecule has 1 heterocycles. The van der Waals surface area contributed by atoms with Crippen molar-refractivity contribution in [3.05, 3.63) is 29.6 Å². The third-order valence-corrected chi connectivity index (χ3v) is 1.79. The minimum absolute atomic E-state index is 0.0815. The molecular formula is C10H11NO3. The average Bonchev–Trinajstić information content (AvgIpc) is 2.16. The number of pyridine rings is 1. The molecule has 14 heavy (non-hydrogen) atoms. The highest BCUT2D eigenvalue weighted by atomic mass is 16.4. The number of carboxylic acids is 1. The van der Waals surface area contributed by atoms with Gasteiger partial charge in [0.15, 0.2) is 5.78 Å². The van der Waals surface area contributed by atoms with Gasteiger partial charge in [-0.3, -0.25) is 9.78 Å². The van der Waals surface area contributed by atoms with Gasteiger partial charge in [0.25, 0.3) is 0 Å². The highest BCUT2D eigenvalue weighted by Crippen LogP contribution is 2.06. The van der Waals surface area contributed by atoms with Crippen molar-refractivity contribution in [3.63, 3.8) is 0 Å². The highest BCUT2D eigenvalue weighted by Gasteiger charge is 2.12. The van der Waals surface area contributed by atoms with Crippen LogP contribution in [-0.4, -0.2) is 21.8 Å². The van der Waals surface area contributed by atoms with Crippen LogP contribution in [0.1, 0.15) is 34.7 Å². The van der Waals surface area contributed by atoms with Crippen LogP contribution in [0.5, 0.6) is 0 Å². The minimum Gasteiger partial charge on any atom is -0.478 e. The van der Waals surface area contributed by atoms with Crippen LogP contribution in [0.3, 0.4) is 0 Å². The zero-order chi connectivity index (χ0) is 10.7. The van der Waals surface area contributed by atoms with Crippen LogP contribution < -0.4 is 0 Å². The first kappa shape index (κ1) is 10.4. The Bertz CT molecular complexity index is 354. The van der Waals surface area contributed by atoms with Crippen LogP contribution in [0, 0.1) is 5.92 Å². The van der Waals surface area contributed by atoms with Gasteiger partial charge in [0.1, 0.15) is 5.69 Å². The van der Waals surface area contributed by atoms with E-state index in [1.54, 1.807) is 13.8 Å². The summed E-state index contributed by atoms with van der Waals surface area (Å²) >= 11 is 0. The Kier molecular flexibility index (Phi) is 2.96. The predicted molar refractivity (Wildman–Crippen MR) is 50.4 cm³/mol. The number of Topliss-reactive ketones (excluding diaryl/α,β-unsaturated/α-hetero) is 1. The Hall–Kier alpha value is -1.71. The Morgan fingerprint density at radius 2 is 2.00 bits per heavy atom. The number of rotatable bonds is 3. The van der Waals surface area contributed by atoms with Crippen molar-refractivity contribution in [3.8, 4) is 0 Å². The van der Waals surface area contributed by atoms with E-state index in [4.69, 9.17) is 5.11 Å². The summed E-state index contributed by atoms with van der Waals surface area (Å²) in [6.07, 6.45) is 1.19. The number of aromatic nitrogens is 1. The Morgan fingerprint density at radius 1 is 1.36 bits per heavy atom. The second kappa shape index (κ2) is 4.00. The van der Waals surface area contributed by atoms with Crippen LogP contribution in [0.15, 0.2) is 18.3 Å². The highest BCUT2D eigenvalue weighted by molar-refractivity contribution is 5.96. The molecule has 0 saturated carbocycles. The molecule has 1 aromatic rings. The lowest BCUT2D eigenvalue weighted by Crippen LogP contribution is -2.10. The summed E-state index contributed by atoms with van der Waals surface area (Å²) in [5.74, 6) is -1.25. The summed E-state index contributed by atoms with van der Waals surface area (Å²) in [6.45, 7) is 3.55. The summed E-state index contributed by atoms with van der Waals surface area (Å²) in [5.41, 5.74) is 0.398. The number of aromatic carboxylic acids is 1. The van der Waals surface area contributed by atoms with E-state index in [-0.39, 0.29) is 17.3 Å². The summed E-state index contributed by atoms with van der Waals surface area (Å²) in [4.78, 5) is 25.7. The molecule has 1 N–H and O–H groups in total. The second-order valence-corrected chi connectivity index (χ2v) is 3.26. The predicted octanol–water partition coefficient (Wildman–Crippen LogP) is 1.62. The smallest absolute Gasteiger partial charge is 0.337 e. The van der Waals surface area contributed by atoms with Gasteiger partial charge >= 0.3 is 5.97 Å². The number of carbonyl (C=O) groups is 2. The molecule has 0 spiro atoms. The first-order valence-electron chi connectivity index (χ1n) is 4.26. The van der Waals surface area contributed by atoms with Crippen LogP contribution in [0.25, 0.3) is 0 Å². The lowest BCUT2D eigenvalue weighted by atomic mass is 10.1. The van der Waals surface area contributed by atoms with Crippen LogP contribution >= 0.6 is 0 Å². The first-order chi connectivity index (χ1) is 6.52. The number of hydrogen-bond donors (Lipinski definition) is 1. The number of hydrogen-bond acceptors (Lipinski definition) is 3. The number of carboxylic acid groups (broad SMARTS) is 1. The van der Waals surface area contributed by atoms with Gasteiger partial charge in [-0.15, -0.1) is 0 Å². The van der Waals surface area contributed by atoms with Crippen molar-refractivity contribution in [1.82, 2.24) is 4.98 Å². The standard InChI is InChI=1S/C10H11NO3/c1-6(2)9(12)8-4-3-7(5-11-8)10(13)14/h3-6H,1-2H3,(H,13,14). The number of nitrogens with zero attached hydrogens (tertiary/aromatic N) is 1. The average molecular weight is 193 g/mol. The number of ketones is 1. The Labute approximate surface area is 81.6 Å². The SMILES string of the molecule is CC(C)C(=O)c1ccc(C(=O)O)cn1. The van der Waals surface area contributed by atoms with Crippen LogP contribution in [0.4, 0.5) is 0 Å². The molecule has 0 aliphatic heterocycles. The molecule has 0 unspecified atom stereocenters. The fraction of sp³-hybridized carbons (Fsp3) is 0.300. The van der Waals surface area contributed by atoms with Crippen molar-refractivity contribution in [2.45, 2.75) is 13.8 Å². The van der Waals surface area contributed by atoms with E-state index >= 15 is 0 Å². The summed E-state index contributed by atoms with van der Waals surface area (Å²) in [6, 6.07) is 2.82. The maximum absolute atomic E-state index is 11.4. The molecule has 4 nitrogen and oxygen atoms in total. The molecule has 1 aromatic heterocycles. The minimum atomic E-state index is -1.04. The van der Waals surface area contributed by atoms with Crippen molar-refractivity contribution in [2.75, 3.05) is 0 Å². The van der Waals surface area contributed by atoms with Gasteiger partial charge in [-0.05, 0) is 12.1 Å². The van der Waals surface area contributed by atoms with Gasteiger partial charge in [-0.25, -0.2) is 4.79 Å². The zero-order valence-corrected chi connectivity index (χ0v) is 8.02. The molecule has 1 rings (SSSR count). The Morgan fingerprint density at radius 3 is 2.36 bits per heavy atom. The lowest BCUT2D eigenvalue weighted by Gasteiger charge is -2.02. The molecule has 0 atom stereocenters. The third-order valence-electron chi connectivity index (χ3n) is 1.79. The monoisotopic (exact) mass is 193 g/mol. The quantitative estimate of drug-likeness (QED) is 0.740. The van der Waals surface area contributed by atoms with Gasteiger partial charge < -0.3 is 5.11 Å². The van der Waals surface area contributed by atoms with E-state index in [9.17, 15) is 9.59 Å². The maximum Gasteiger partial charge on any atom is 0.337 e. The first-order valence-corrected chi connectivity index (χ1v) is 4.26. The van der Waals surface area contributed by atoms with Gasteiger partial charge in [-0.2, -0.15) is 0 Å². The maximum atomic E-state index is 11.4.